The van der Waals surface area contributed by atoms with Crippen LogP contribution in [-0.4, -0.2) is 15.0 Å². The minimum Gasteiger partial charge on any atom is -0.342 e. The van der Waals surface area contributed by atoms with E-state index in [1.165, 1.54) is 11.4 Å². The fraction of sp³-hybridized carbons (Fsp3) is 1.00. The summed E-state index contributed by atoms with van der Waals surface area (Å²) in [7, 11) is -1.73. The van der Waals surface area contributed by atoms with Crippen molar-refractivity contribution in [3.8, 4) is 0 Å². The predicted octanol–water partition coefficient (Wildman–Crippen LogP) is 1.73. The van der Waals surface area contributed by atoms with Gasteiger partial charge in [-0.15, -0.1) is 0 Å². The molecule has 0 aromatic heterocycles. The molecule has 0 bridgehead atoms. The molecule has 4 heteroatoms. The molecule has 0 saturated carbocycles. The van der Waals surface area contributed by atoms with Gasteiger partial charge in [0, 0.05) is 5.25 Å². The molecule has 0 aliphatic rings. The standard InChI is InChI=1S/C4H11O2PS/c1-3-4(2)8-7(5)6/h4-6H,3H2,1-2H3. The third-order valence-electron chi connectivity index (χ3n) is 0.849. The first kappa shape index (κ1) is 8.70. The molecule has 0 aromatic rings. The highest BCUT2D eigenvalue weighted by molar-refractivity contribution is 8.52. The lowest BCUT2D eigenvalue weighted by atomic mass is 10.4. The molecule has 0 heterocycles. The summed E-state index contributed by atoms with van der Waals surface area (Å²) in [4.78, 5) is 16.9. The Labute approximate surface area is 55.0 Å². The Morgan fingerprint density at radius 2 is 2.12 bits per heavy atom. The zero-order chi connectivity index (χ0) is 6.57. The fourth-order valence-electron chi connectivity index (χ4n) is 0.235. The van der Waals surface area contributed by atoms with E-state index in [9.17, 15) is 0 Å². The predicted molar refractivity (Wildman–Crippen MR) is 38.7 cm³/mol. The van der Waals surface area contributed by atoms with E-state index in [0.29, 0.717) is 5.25 Å². The molecule has 0 aliphatic heterocycles. The first-order valence-corrected chi connectivity index (χ1v) is 5.24. The van der Waals surface area contributed by atoms with Gasteiger partial charge in [0.05, 0.1) is 0 Å². The van der Waals surface area contributed by atoms with Gasteiger partial charge in [-0.3, -0.25) is 0 Å². The Kier molecular flexibility index (Phi) is 4.97. The highest BCUT2D eigenvalue weighted by atomic mass is 32.7. The van der Waals surface area contributed by atoms with Gasteiger partial charge in [0.15, 0.2) is 0 Å². The van der Waals surface area contributed by atoms with Crippen LogP contribution >= 0.6 is 19.0 Å². The van der Waals surface area contributed by atoms with Crippen LogP contribution in [0.25, 0.3) is 0 Å². The Morgan fingerprint density at radius 3 is 2.25 bits per heavy atom. The van der Waals surface area contributed by atoms with Crippen LogP contribution in [0.3, 0.4) is 0 Å². The van der Waals surface area contributed by atoms with E-state index >= 15 is 0 Å². The van der Waals surface area contributed by atoms with Gasteiger partial charge in [-0.05, 0) is 6.42 Å². The van der Waals surface area contributed by atoms with E-state index in [0.717, 1.165) is 6.42 Å². The van der Waals surface area contributed by atoms with Crippen LogP contribution in [-0.2, 0) is 0 Å². The van der Waals surface area contributed by atoms with Crippen molar-refractivity contribution >= 4 is 19.0 Å². The van der Waals surface area contributed by atoms with Crippen LogP contribution in [0.5, 0.6) is 0 Å². The van der Waals surface area contributed by atoms with E-state index in [1.807, 2.05) is 13.8 Å². The van der Waals surface area contributed by atoms with Gasteiger partial charge >= 0.3 is 0 Å². The molecule has 0 aliphatic carbocycles. The molecule has 0 spiro atoms. The van der Waals surface area contributed by atoms with Crippen molar-refractivity contribution in [1.29, 1.82) is 0 Å². The second-order valence-corrected chi connectivity index (χ2v) is 4.71. The number of rotatable bonds is 3. The summed E-state index contributed by atoms with van der Waals surface area (Å²) in [5.74, 6) is 0. The zero-order valence-corrected chi connectivity index (χ0v) is 6.75. The van der Waals surface area contributed by atoms with Crippen LogP contribution in [0.2, 0.25) is 0 Å². The van der Waals surface area contributed by atoms with Gasteiger partial charge in [-0.25, -0.2) is 0 Å². The maximum atomic E-state index is 8.44. The molecule has 2 nitrogen and oxygen atoms in total. The lowest BCUT2D eigenvalue weighted by Crippen LogP contribution is -1.88. The van der Waals surface area contributed by atoms with E-state index in [1.54, 1.807) is 0 Å². The van der Waals surface area contributed by atoms with Crippen molar-refractivity contribution < 1.29 is 9.79 Å². The van der Waals surface area contributed by atoms with Crippen molar-refractivity contribution in [1.82, 2.24) is 0 Å². The summed E-state index contributed by atoms with van der Waals surface area (Å²) >= 11 is 1.23. The zero-order valence-electron chi connectivity index (χ0n) is 5.03. The lowest BCUT2D eigenvalue weighted by Gasteiger charge is -2.06. The van der Waals surface area contributed by atoms with E-state index in [-0.39, 0.29) is 0 Å². The molecule has 0 rings (SSSR count). The molecule has 0 radical (unpaired) electrons. The molecule has 8 heavy (non-hydrogen) atoms. The second kappa shape index (κ2) is 4.57. The number of hydrogen-bond acceptors (Lipinski definition) is 3. The van der Waals surface area contributed by atoms with Gasteiger partial charge in [-0.1, -0.05) is 25.2 Å². The van der Waals surface area contributed by atoms with Crippen molar-refractivity contribution in [2.75, 3.05) is 0 Å². The smallest absolute Gasteiger partial charge is 0.232 e. The van der Waals surface area contributed by atoms with Gasteiger partial charge in [-0.2, -0.15) is 0 Å². The molecule has 0 aromatic carbocycles. The maximum absolute atomic E-state index is 8.44. The lowest BCUT2D eigenvalue weighted by molar-refractivity contribution is 0.505. The molecule has 0 fully saturated rings. The van der Waals surface area contributed by atoms with Crippen molar-refractivity contribution in [3.05, 3.63) is 0 Å². The average Bonchev–Trinajstić information content (AvgIpc) is 1.65. The molecule has 50 valence electrons. The summed E-state index contributed by atoms with van der Waals surface area (Å²) in [6.07, 6.45) is 0.991. The summed E-state index contributed by atoms with van der Waals surface area (Å²) in [6.45, 7) is 4.00. The maximum Gasteiger partial charge on any atom is 0.232 e. The fourth-order valence-corrected chi connectivity index (χ4v) is 2.12. The molecule has 0 saturated heterocycles. The van der Waals surface area contributed by atoms with Crippen molar-refractivity contribution in [2.24, 2.45) is 0 Å². The van der Waals surface area contributed by atoms with Crippen LogP contribution < -0.4 is 0 Å². The van der Waals surface area contributed by atoms with Gasteiger partial charge in [0.2, 0.25) is 7.58 Å². The molecule has 1 atom stereocenters. The molecular weight excluding hydrogens is 143 g/mol. The third kappa shape index (κ3) is 4.85. The minimum atomic E-state index is -1.73. The average molecular weight is 154 g/mol. The Morgan fingerprint density at radius 1 is 1.62 bits per heavy atom. The summed E-state index contributed by atoms with van der Waals surface area (Å²) in [6, 6.07) is 0. The quantitative estimate of drug-likeness (QED) is 0.608. The first-order valence-electron chi connectivity index (χ1n) is 2.51. The Balaban J connectivity index is 3.10. The monoisotopic (exact) mass is 154 g/mol. The SMILES string of the molecule is CCC(C)SP(O)O. The Hall–Kier alpha value is 0.700. The van der Waals surface area contributed by atoms with Crippen LogP contribution in [0, 0.1) is 0 Å². The second-order valence-electron chi connectivity index (χ2n) is 1.58. The number of hydrogen-bond donors (Lipinski definition) is 2. The van der Waals surface area contributed by atoms with E-state index < -0.39 is 7.58 Å². The first-order chi connectivity index (χ1) is 3.66. The summed E-state index contributed by atoms with van der Waals surface area (Å²) in [5.41, 5.74) is 0. The summed E-state index contributed by atoms with van der Waals surface area (Å²) < 4.78 is 0. The third-order valence-corrected chi connectivity index (χ3v) is 3.38. The Bertz CT molecular complexity index is 60.0. The molecule has 0 amide bonds. The van der Waals surface area contributed by atoms with Crippen LogP contribution in [0.4, 0.5) is 0 Å². The van der Waals surface area contributed by atoms with Gasteiger partial charge in [0.1, 0.15) is 0 Å². The largest absolute Gasteiger partial charge is 0.342 e. The summed E-state index contributed by atoms with van der Waals surface area (Å²) in [5, 5.41) is 0.371. The molecule has 2 N–H and O–H groups in total. The highest BCUT2D eigenvalue weighted by Crippen LogP contribution is 2.44. The van der Waals surface area contributed by atoms with Crippen LogP contribution in [0.1, 0.15) is 20.3 Å². The molecule has 1 unspecified atom stereocenters. The van der Waals surface area contributed by atoms with Gasteiger partial charge < -0.3 is 9.79 Å². The van der Waals surface area contributed by atoms with E-state index in [2.05, 4.69) is 0 Å². The molecular formula is C4H11O2PS. The topological polar surface area (TPSA) is 40.5 Å². The highest BCUT2D eigenvalue weighted by Gasteiger charge is 2.04. The van der Waals surface area contributed by atoms with Crippen molar-refractivity contribution in [3.63, 3.8) is 0 Å². The normalized spacial score (nSPS) is 14.6. The minimum absolute atomic E-state index is 0.371. The van der Waals surface area contributed by atoms with Crippen molar-refractivity contribution in [2.45, 2.75) is 25.5 Å². The van der Waals surface area contributed by atoms with Gasteiger partial charge in [0.25, 0.3) is 0 Å². The van der Waals surface area contributed by atoms with Crippen LogP contribution in [0.15, 0.2) is 0 Å². The van der Waals surface area contributed by atoms with E-state index in [4.69, 9.17) is 9.79 Å².